The molecule has 0 fully saturated rings. The molecule has 0 amide bonds. The van der Waals surface area contributed by atoms with E-state index < -0.39 is 0 Å². The minimum absolute atomic E-state index is 0.379. The summed E-state index contributed by atoms with van der Waals surface area (Å²) >= 11 is 7.80. The van der Waals surface area contributed by atoms with E-state index in [1.54, 1.807) is 25.0 Å². The fraction of sp³-hybridized carbons (Fsp3) is 0.125. The third-order valence-electron chi connectivity index (χ3n) is 2.74. The van der Waals surface area contributed by atoms with Gasteiger partial charge in [-0.15, -0.1) is 11.6 Å². The van der Waals surface area contributed by atoms with Gasteiger partial charge >= 0.3 is 0 Å². The van der Waals surface area contributed by atoms with Crippen LogP contribution in [-0.4, -0.2) is 19.5 Å². The van der Waals surface area contributed by atoms with Crippen LogP contribution in [0.25, 0.3) is 0 Å². The number of alkyl halides is 1. The number of aldehydes is 1. The molecule has 2 nitrogen and oxygen atoms in total. The second kappa shape index (κ2) is 7.27. The number of halogens is 1. The van der Waals surface area contributed by atoms with Crippen molar-refractivity contribution in [3.63, 3.8) is 0 Å². The van der Waals surface area contributed by atoms with Gasteiger partial charge in [-0.25, -0.2) is 0 Å². The molecule has 0 aromatic heterocycles. The van der Waals surface area contributed by atoms with Crippen LogP contribution in [0.1, 0.15) is 21.3 Å². The zero-order valence-corrected chi connectivity index (χ0v) is 12.6. The normalized spacial score (nSPS) is 12.5. The molecule has 0 radical (unpaired) electrons. The van der Waals surface area contributed by atoms with Crippen molar-refractivity contribution in [1.82, 2.24) is 0 Å². The summed E-state index contributed by atoms with van der Waals surface area (Å²) in [6.45, 7) is 0. The number of hydrogen-bond donors (Lipinski definition) is 0. The van der Waals surface area contributed by atoms with Crippen molar-refractivity contribution < 1.29 is 4.79 Å². The average molecular weight is 304 g/mol. The molecule has 1 unspecified atom stereocenters. The molecule has 102 valence electrons. The van der Waals surface area contributed by atoms with Crippen molar-refractivity contribution in [2.24, 2.45) is 4.99 Å². The van der Waals surface area contributed by atoms with Crippen LogP contribution >= 0.6 is 23.4 Å². The van der Waals surface area contributed by atoms with Crippen LogP contribution < -0.4 is 0 Å². The molecule has 20 heavy (non-hydrogen) atoms. The van der Waals surface area contributed by atoms with Gasteiger partial charge in [0.2, 0.25) is 0 Å². The third-order valence-corrected chi connectivity index (χ3v) is 4.09. The van der Waals surface area contributed by atoms with Crippen molar-refractivity contribution in [2.45, 2.75) is 15.2 Å². The van der Waals surface area contributed by atoms with Crippen LogP contribution in [0.4, 0.5) is 0 Å². The first-order valence-electron chi connectivity index (χ1n) is 6.13. The Morgan fingerprint density at radius 2 is 1.90 bits per heavy atom. The molecule has 0 heterocycles. The van der Waals surface area contributed by atoms with Crippen LogP contribution in [0, 0.1) is 0 Å². The minimum atomic E-state index is -0.379. The molecule has 0 spiro atoms. The predicted molar refractivity (Wildman–Crippen MR) is 85.4 cm³/mol. The Balaban J connectivity index is 2.27. The quantitative estimate of drug-likeness (QED) is 0.458. The van der Waals surface area contributed by atoms with E-state index in [0.29, 0.717) is 5.56 Å². The first-order valence-corrected chi connectivity index (χ1v) is 7.38. The Bertz CT molecular complexity index is 613. The highest BCUT2D eigenvalue weighted by atomic mass is 35.5. The molecule has 0 N–H and O–H groups in total. The Kier molecular flexibility index (Phi) is 5.39. The second-order valence-corrected chi connectivity index (χ2v) is 5.75. The predicted octanol–water partition coefficient (Wildman–Crippen LogP) is 4.63. The molecule has 4 heteroatoms. The highest BCUT2D eigenvalue weighted by Gasteiger charge is 2.11. The second-order valence-electron chi connectivity index (χ2n) is 4.13. The summed E-state index contributed by atoms with van der Waals surface area (Å²) in [4.78, 5) is 17.3. The van der Waals surface area contributed by atoms with Gasteiger partial charge < -0.3 is 0 Å². The summed E-state index contributed by atoms with van der Waals surface area (Å²) in [6.07, 6.45) is 2.46. The Morgan fingerprint density at radius 3 is 2.55 bits per heavy atom. The maximum atomic E-state index is 11.2. The van der Waals surface area contributed by atoms with Crippen LogP contribution in [0.3, 0.4) is 0 Å². The maximum Gasteiger partial charge on any atom is 0.150 e. The zero-order chi connectivity index (χ0) is 14.4. The van der Waals surface area contributed by atoms with Crippen LogP contribution in [0.5, 0.6) is 0 Å². The summed E-state index contributed by atoms with van der Waals surface area (Å²) in [7, 11) is 1.66. The molecule has 0 aliphatic carbocycles. The molecule has 0 saturated carbocycles. The van der Waals surface area contributed by atoms with E-state index in [1.807, 2.05) is 48.5 Å². The molecule has 0 aliphatic heterocycles. The lowest BCUT2D eigenvalue weighted by Crippen LogP contribution is -1.98. The lowest BCUT2D eigenvalue weighted by atomic mass is 10.1. The van der Waals surface area contributed by atoms with E-state index in [2.05, 4.69) is 4.99 Å². The third kappa shape index (κ3) is 3.71. The van der Waals surface area contributed by atoms with Gasteiger partial charge in [-0.3, -0.25) is 9.79 Å². The molecule has 2 aromatic carbocycles. The maximum absolute atomic E-state index is 11.2. The number of carbonyl (C=O) groups excluding carboxylic acids is 1. The largest absolute Gasteiger partial charge is 0.299 e. The number of benzene rings is 2. The van der Waals surface area contributed by atoms with E-state index >= 15 is 0 Å². The lowest BCUT2D eigenvalue weighted by Gasteiger charge is -2.09. The lowest BCUT2D eigenvalue weighted by molar-refractivity contribution is 0.112. The van der Waals surface area contributed by atoms with Gasteiger partial charge in [0.1, 0.15) is 6.29 Å². The van der Waals surface area contributed by atoms with E-state index in [9.17, 15) is 4.79 Å². The van der Waals surface area contributed by atoms with E-state index in [0.717, 1.165) is 21.6 Å². The summed E-state index contributed by atoms with van der Waals surface area (Å²) in [5.41, 5.74) is 1.38. The molecule has 0 aliphatic rings. The van der Waals surface area contributed by atoms with Crippen molar-refractivity contribution >= 4 is 35.9 Å². The monoisotopic (exact) mass is 303 g/mol. The van der Waals surface area contributed by atoms with Crippen molar-refractivity contribution in [3.05, 3.63) is 59.7 Å². The van der Waals surface area contributed by atoms with Crippen molar-refractivity contribution in [2.75, 3.05) is 7.05 Å². The molecular weight excluding hydrogens is 290 g/mol. The van der Waals surface area contributed by atoms with Crippen LogP contribution in [0.15, 0.2) is 63.3 Å². The van der Waals surface area contributed by atoms with Crippen LogP contribution in [-0.2, 0) is 0 Å². The van der Waals surface area contributed by atoms with Gasteiger partial charge in [0.25, 0.3) is 0 Å². The Morgan fingerprint density at radius 1 is 1.15 bits per heavy atom. The minimum Gasteiger partial charge on any atom is -0.299 e. The smallest absolute Gasteiger partial charge is 0.150 e. The summed E-state index contributed by atoms with van der Waals surface area (Å²) < 4.78 is 0. The molecular formula is C16H14ClNOS. The van der Waals surface area contributed by atoms with Gasteiger partial charge in [-0.1, -0.05) is 36.0 Å². The molecule has 2 aromatic rings. The van der Waals surface area contributed by atoms with E-state index in [4.69, 9.17) is 11.6 Å². The molecule has 0 saturated heterocycles. The molecule has 1 atom stereocenters. The average Bonchev–Trinajstić information content (AvgIpc) is 2.48. The molecule has 0 bridgehead atoms. The van der Waals surface area contributed by atoms with Gasteiger partial charge in [0.05, 0.1) is 5.38 Å². The Labute approximate surface area is 127 Å². The highest BCUT2D eigenvalue weighted by Crippen LogP contribution is 2.31. The number of hydrogen-bond acceptors (Lipinski definition) is 3. The Hall–Kier alpha value is -1.58. The summed E-state index contributed by atoms with van der Waals surface area (Å²) in [5, 5.41) is -0.379. The van der Waals surface area contributed by atoms with Crippen molar-refractivity contribution in [1.29, 1.82) is 0 Å². The fourth-order valence-corrected chi connectivity index (χ4v) is 3.00. The van der Waals surface area contributed by atoms with Gasteiger partial charge in [-0.2, -0.15) is 0 Å². The highest BCUT2D eigenvalue weighted by molar-refractivity contribution is 7.99. The first-order chi connectivity index (χ1) is 9.74. The SMILES string of the molecule is CN=CC(Cl)c1ccc(Sc2ccccc2)cc1C=O. The summed E-state index contributed by atoms with van der Waals surface area (Å²) in [5.74, 6) is 0. The van der Waals surface area contributed by atoms with Gasteiger partial charge in [0, 0.05) is 28.6 Å². The number of rotatable bonds is 5. The number of nitrogens with zero attached hydrogens (tertiary/aromatic N) is 1. The first kappa shape index (κ1) is 14.8. The van der Waals surface area contributed by atoms with Gasteiger partial charge in [0.15, 0.2) is 0 Å². The fourth-order valence-electron chi connectivity index (χ4n) is 1.81. The standard InChI is InChI=1S/C16H14ClNOS/c1-18-10-16(17)15-8-7-14(9-12(15)11-19)20-13-5-3-2-4-6-13/h2-11,16H,1H3. The zero-order valence-electron chi connectivity index (χ0n) is 11.0. The van der Waals surface area contributed by atoms with Gasteiger partial charge in [-0.05, 0) is 29.8 Å². The van der Waals surface area contributed by atoms with E-state index in [1.165, 1.54) is 0 Å². The number of aliphatic imine (C=N–C) groups is 1. The number of carbonyl (C=O) groups is 1. The summed E-state index contributed by atoms with van der Waals surface area (Å²) in [6, 6.07) is 15.7. The van der Waals surface area contributed by atoms with Crippen LogP contribution in [0.2, 0.25) is 0 Å². The molecule has 2 rings (SSSR count). The van der Waals surface area contributed by atoms with Crippen molar-refractivity contribution in [3.8, 4) is 0 Å². The van der Waals surface area contributed by atoms with E-state index in [-0.39, 0.29) is 5.38 Å². The topological polar surface area (TPSA) is 29.4 Å².